The highest BCUT2D eigenvalue weighted by Gasteiger charge is 2.49. The van der Waals surface area contributed by atoms with Crippen molar-refractivity contribution in [2.24, 2.45) is 5.92 Å². The Hall–Kier alpha value is -8.08. The highest BCUT2D eigenvalue weighted by molar-refractivity contribution is 5.84. The van der Waals surface area contributed by atoms with E-state index in [4.69, 9.17) is 19.4 Å². The van der Waals surface area contributed by atoms with Crippen molar-refractivity contribution < 1.29 is 9.47 Å². The monoisotopic (exact) mass is 836 g/mol. The summed E-state index contributed by atoms with van der Waals surface area (Å²) in [7, 11) is 0. The molecule has 65 heavy (non-hydrogen) atoms. The van der Waals surface area contributed by atoms with Gasteiger partial charge in [0.05, 0.1) is 22.2 Å². The average Bonchev–Trinajstić information content (AvgIpc) is 3.38. The van der Waals surface area contributed by atoms with Crippen molar-refractivity contribution in [3.05, 3.63) is 281 Å². The van der Waals surface area contributed by atoms with E-state index in [0.29, 0.717) is 11.7 Å². The van der Waals surface area contributed by atoms with Gasteiger partial charge in [-0.1, -0.05) is 207 Å². The highest BCUT2D eigenvalue weighted by Crippen LogP contribution is 2.59. The molecule has 9 aromatic rings. The molecule has 0 N–H and O–H groups in total. The molecule has 0 saturated heterocycles. The number of aromatic nitrogens is 2. The Morgan fingerprint density at radius 2 is 0.892 bits per heavy atom. The van der Waals surface area contributed by atoms with Crippen molar-refractivity contribution in [2.45, 2.75) is 24.2 Å². The van der Waals surface area contributed by atoms with Gasteiger partial charge in [-0.2, -0.15) is 0 Å². The van der Waals surface area contributed by atoms with E-state index < -0.39 is 10.8 Å². The number of hydrogen-bond donors (Lipinski definition) is 0. The van der Waals surface area contributed by atoms with Crippen LogP contribution in [0.15, 0.2) is 242 Å². The minimum Gasteiger partial charge on any atom is -0.456 e. The van der Waals surface area contributed by atoms with Gasteiger partial charge in [0.25, 0.3) is 0 Å². The molecule has 0 saturated carbocycles. The van der Waals surface area contributed by atoms with Gasteiger partial charge in [-0.25, -0.2) is 9.97 Å². The summed E-state index contributed by atoms with van der Waals surface area (Å²) in [5.41, 5.74) is 11.9. The van der Waals surface area contributed by atoms with E-state index in [2.05, 4.69) is 219 Å². The zero-order valence-corrected chi connectivity index (χ0v) is 35.9. The second-order valence-corrected chi connectivity index (χ2v) is 17.2. The smallest absolute Gasteiger partial charge is 0.160 e. The van der Waals surface area contributed by atoms with E-state index in [-0.39, 0.29) is 0 Å². The summed E-state index contributed by atoms with van der Waals surface area (Å²) in [6, 6.07) is 77.2. The predicted octanol–water partition coefficient (Wildman–Crippen LogP) is 14.5. The number of fused-ring (bicyclic) bond motifs is 4. The second-order valence-electron chi connectivity index (χ2n) is 17.2. The normalized spacial score (nSPS) is 16.2. The van der Waals surface area contributed by atoms with E-state index in [1.165, 1.54) is 16.7 Å². The summed E-state index contributed by atoms with van der Waals surface area (Å²) >= 11 is 0. The minimum atomic E-state index is -0.679. The van der Waals surface area contributed by atoms with Crippen LogP contribution in [0, 0.1) is 5.92 Å². The van der Waals surface area contributed by atoms with Crippen molar-refractivity contribution in [1.82, 2.24) is 9.97 Å². The molecular formula is C61H44N2O2. The molecule has 0 bridgehead atoms. The fourth-order valence-corrected chi connectivity index (χ4v) is 10.7. The number of rotatable bonds is 7. The molecule has 4 heteroatoms. The molecule has 3 aliphatic rings. The molecule has 1 atom stereocenters. The lowest BCUT2D eigenvalue weighted by molar-refractivity contribution is 0.378. The van der Waals surface area contributed by atoms with Crippen LogP contribution in [0.3, 0.4) is 0 Å². The Morgan fingerprint density at radius 3 is 1.45 bits per heavy atom. The van der Waals surface area contributed by atoms with Crippen LogP contribution in [-0.4, -0.2) is 9.97 Å². The van der Waals surface area contributed by atoms with Gasteiger partial charge in [-0.3, -0.25) is 0 Å². The quantitative estimate of drug-likeness (QED) is 0.160. The topological polar surface area (TPSA) is 44.2 Å². The lowest BCUT2D eigenvalue weighted by atomic mass is 9.61. The maximum absolute atomic E-state index is 7.22. The molecule has 0 fully saturated rings. The Balaban J connectivity index is 1.13. The lowest BCUT2D eigenvalue weighted by Crippen LogP contribution is -2.38. The third-order valence-electron chi connectivity index (χ3n) is 13.5. The molecule has 12 rings (SSSR count). The van der Waals surface area contributed by atoms with Crippen LogP contribution < -0.4 is 9.47 Å². The van der Waals surface area contributed by atoms with E-state index in [9.17, 15) is 0 Å². The van der Waals surface area contributed by atoms with Crippen molar-refractivity contribution in [2.75, 3.05) is 0 Å². The molecule has 0 amide bonds. The molecular weight excluding hydrogens is 793 g/mol. The summed E-state index contributed by atoms with van der Waals surface area (Å²) < 4.78 is 14.4. The number of benzene rings is 8. The van der Waals surface area contributed by atoms with Gasteiger partial charge in [-0.15, -0.1) is 0 Å². The third-order valence-corrected chi connectivity index (χ3v) is 13.5. The first kappa shape index (κ1) is 38.6. The first-order valence-corrected chi connectivity index (χ1v) is 22.5. The number of nitrogens with zero attached hydrogens (tertiary/aromatic N) is 2. The number of para-hydroxylation sites is 3. The highest BCUT2D eigenvalue weighted by atomic mass is 16.5. The SMILES string of the molecule is CC1C=C2C(=CC1)Oc1c(-c3cc(-c4cccc5c4Oc4ccccc4C5(c4ccccc4)c4ccccc4)nc(-c4ccccc4)n3)cccc1C2(c1ccccc1)c1ccccc1. The summed E-state index contributed by atoms with van der Waals surface area (Å²) in [5, 5.41) is 0. The van der Waals surface area contributed by atoms with Gasteiger partial charge in [0, 0.05) is 39.0 Å². The summed E-state index contributed by atoms with van der Waals surface area (Å²) in [5.74, 6) is 4.20. The molecule has 1 aromatic heterocycles. The van der Waals surface area contributed by atoms with E-state index >= 15 is 0 Å². The van der Waals surface area contributed by atoms with Crippen molar-refractivity contribution >= 4 is 0 Å². The molecule has 3 heterocycles. The van der Waals surface area contributed by atoms with Crippen molar-refractivity contribution in [3.63, 3.8) is 0 Å². The van der Waals surface area contributed by atoms with Gasteiger partial charge in [0.15, 0.2) is 5.82 Å². The first-order valence-electron chi connectivity index (χ1n) is 22.5. The van der Waals surface area contributed by atoms with Crippen molar-refractivity contribution in [3.8, 4) is 51.2 Å². The molecule has 0 radical (unpaired) electrons. The predicted molar refractivity (Wildman–Crippen MR) is 260 cm³/mol. The van der Waals surface area contributed by atoms with Crippen LogP contribution in [0.5, 0.6) is 17.2 Å². The molecule has 310 valence electrons. The van der Waals surface area contributed by atoms with Gasteiger partial charge in [0.1, 0.15) is 23.0 Å². The van der Waals surface area contributed by atoms with E-state index in [0.717, 1.165) is 85.3 Å². The largest absolute Gasteiger partial charge is 0.456 e. The first-order chi connectivity index (χ1) is 32.1. The summed E-state index contributed by atoms with van der Waals surface area (Å²) in [4.78, 5) is 10.8. The molecule has 2 aliphatic heterocycles. The maximum Gasteiger partial charge on any atom is 0.160 e. The number of allylic oxidation sites excluding steroid dienone is 3. The Bertz CT molecular complexity index is 3210. The van der Waals surface area contributed by atoms with Gasteiger partial charge < -0.3 is 9.47 Å². The van der Waals surface area contributed by atoms with Crippen LogP contribution in [0.25, 0.3) is 33.9 Å². The van der Waals surface area contributed by atoms with Crippen LogP contribution in [0.2, 0.25) is 0 Å². The number of ether oxygens (including phenoxy) is 2. The Morgan fingerprint density at radius 1 is 0.446 bits per heavy atom. The third kappa shape index (κ3) is 6.05. The molecule has 1 aliphatic carbocycles. The van der Waals surface area contributed by atoms with Gasteiger partial charge >= 0.3 is 0 Å². The summed E-state index contributed by atoms with van der Waals surface area (Å²) in [6.07, 6.45) is 5.59. The fourth-order valence-electron chi connectivity index (χ4n) is 10.7. The van der Waals surface area contributed by atoms with Crippen LogP contribution >= 0.6 is 0 Å². The zero-order valence-electron chi connectivity index (χ0n) is 35.9. The molecule has 0 spiro atoms. The van der Waals surface area contributed by atoms with Crippen LogP contribution in [0.1, 0.15) is 52.3 Å². The number of hydrogen-bond acceptors (Lipinski definition) is 4. The zero-order chi connectivity index (χ0) is 43.4. The lowest BCUT2D eigenvalue weighted by Gasteiger charge is -2.45. The fraction of sp³-hybridized carbons (Fsp3) is 0.0820. The Kier molecular flexibility index (Phi) is 9.27. The average molecular weight is 837 g/mol. The molecule has 4 nitrogen and oxygen atoms in total. The standard InChI is InChI=1S/C61H44N2O2/c1-41-37-38-56-52(39-41)61(45-27-13-5-14-28-45,46-29-15-6-16-30-46)51-35-20-32-48(58(51)65-56)54-40-53(62-59(63-54)42-21-7-2-8-22-42)47-31-19-34-50-57(47)64-55-36-18-17-33-49(55)60(50,43-23-9-3-10-24-43)44-25-11-4-12-26-44/h2-36,38-41H,37H2,1H3. The van der Waals surface area contributed by atoms with Crippen LogP contribution in [-0.2, 0) is 10.8 Å². The minimum absolute atomic E-state index is 0.347. The molecule has 8 aromatic carbocycles. The maximum atomic E-state index is 7.22. The van der Waals surface area contributed by atoms with E-state index in [1.54, 1.807) is 0 Å². The van der Waals surface area contributed by atoms with Gasteiger partial charge in [0.2, 0.25) is 0 Å². The van der Waals surface area contributed by atoms with E-state index in [1.807, 2.05) is 18.2 Å². The Labute approximate surface area is 379 Å². The second kappa shape index (κ2) is 15.6. The van der Waals surface area contributed by atoms with Gasteiger partial charge in [-0.05, 0) is 64.9 Å². The summed E-state index contributed by atoms with van der Waals surface area (Å²) in [6.45, 7) is 2.29. The van der Waals surface area contributed by atoms with Crippen LogP contribution in [0.4, 0.5) is 0 Å². The molecule has 1 unspecified atom stereocenters. The van der Waals surface area contributed by atoms with Crippen molar-refractivity contribution in [1.29, 1.82) is 0 Å².